The first-order valence-electron chi connectivity index (χ1n) is 6.89. The molecule has 0 saturated carbocycles. The molecule has 1 rings (SSSR count). The number of nitro groups is 1. The molecule has 114 valence electrons. The number of nitrogens with zero attached hydrogens (tertiary/aromatic N) is 3. The normalized spacial score (nSPS) is 11.3. The second-order valence-electron chi connectivity index (χ2n) is 5.47. The maximum atomic E-state index is 11.1. The van der Waals surface area contributed by atoms with Crippen LogP contribution in [0.25, 0.3) is 0 Å². The average molecular weight is 284 g/mol. The van der Waals surface area contributed by atoms with E-state index in [9.17, 15) is 10.1 Å². The summed E-state index contributed by atoms with van der Waals surface area (Å²) in [7, 11) is 0. The van der Waals surface area contributed by atoms with E-state index in [1.165, 1.54) is 0 Å². The predicted molar refractivity (Wildman–Crippen MR) is 78.2 cm³/mol. The Hall–Kier alpha value is -1.63. The highest BCUT2D eigenvalue weighted by atomic mass is 16.6. The van der Waals surface area contributed by atoms with Crippen molar-refractivity contribution in [1.29, 1.82) is 0 Å². The maximum absolute atomic E-state index is 11.1. The van der Waals surface area contributed by atoms with Gasteiger partial charge in [0.1, 0.15) is 5.69 Å². The molecule has 7 nitrogen and oxygen atoms in total. The molecule has 0 bridgehead atoms. The van der Waals surface area contributed by atoms with Crippen molar-refractivity contribution >= 4 is 11.5 Å². The Balaban J connectivity index is 2.74. The van der Waals surface area contributed by atoms with Gasteiger partial charge in [-0.2, -0.15) is 5.10 Å². The fraction of sp³-hybridized carbons (Fsp3) is 0.769. The van der Waals surface area contributed by atoms with Gasteiger partial charge in [0, 0.05) is 19.2 Å². The Morgan fingerprint density at radius 3 is 2.55 bits per heavy atom. The lowest BCUT2D eigenvalue weighted by molar-refractivity contribution is -0.384. The van der Waals surface area contributed by atoms with Gasteiger partial charge in [-0.25, -0.2) is 4.68 Å². The van der Waals surface area contributed by atoms with E-state index < -0.39 is 4.92 Å². The van der Waals surface area contributed by atoms with Crippen LogP contribution in [0.3, 0.4) is 0 Å². The summed E-state index contributed by atoms with van der Waals surface area (Å²) in [6.45, 7) is 11.4. The van der Waals surface area contributed by atoms with Gasteiger partial charge in [-0.05, 0) is 26.7 Å². The molecule has 0 aliphatic rings. The number of aromatic nitrogens is 2. The van der Waals surface area contributed by atoms with Gasteiger partial charge in [0.25, 0.3) is 0 Å². The summed E-state index contributed by atoms with van der Waals surface area (Å²) in [4.78, 5) is 10.7. The summed E-state index contributed by atoms with van der Waals surface area (Å²) in [5, 5.41) is 18.4. The van der Waals surface area contributed by atoms with Crippen molar-refractivity contribution in [2.45, 2.75) is 40.7 Å². The molecule has 1 aromatic heterocycles. The topological polar surface area (TPSA) is 82.2 Å². The highest BCUT2D eigenvalue weighted by Gasteiger charge is 2.26. The Bertz CT molecular complexity index is 455. The highest BCUT2D eigenvalue weighted by Crippen LogP contribution is 2.30. The highest BCUT2D eigenvalue weighted by molar-refractivity contribution is 5.59. The molecule has 7 heteroatoms. The van der Waals surface area contributed by atoms with Crippen LogP contribution in [0.2, 0.25) is 0 Å². The average Bonchev–Trinajstić information content (AvgIpc) is 2.65. The molecule has 0 radical (unpaired) electrons. The number of hydrogen-bond acceptors (Lipinski definition) is 5. The summed E-state index contributed by atoms with van der Waals surface area (Å²) in [6, 6.07) is 0.0569. The molecule has 0 fully saturated rings. The number of ether oxygens (including phenoxy) is 1. The molecule has 0 amide bonds. The van der Waals surface area contributed by atoms with E-state index in [-0.39, 0.29) is 11.7 Å². The number of nitrogens with one attached hydrogen (secondary N) is 1. The molecule has 0 saturated heterocycles. The first-order valence-corrected chi connectivity index (χ1v) is 6.89. The van der Waals surface area contributed by atoms with E-state index in [2.05, 4.69) is 24.3 Å². The van der Waals surface area contributed by atoms with Crippen LogP contribution in [-0.4, -0.2) is 34.5 Å². The van der Waals surface area contributed by atoms with Gasteiger partial charge in [0.15, 0.2) is 0 Å². The van der Waals surface area contributed by atoms with Gasteiger partial charge in [-0.3, -0.25) is 10.1 Å². The lowest BCUT2D eigenvalue weighted by atomic mass is 10.2. The Morgan fingerprint density at radius 1 is 1.40 bits per heavy atom. The first-order chi connectivity index (χ1) is 9.34. The van der Waals surface area contributed by atoms with Gasteiger partial charge in [-0.1, -0.05) is 13.8 Å². The van der Waals surface area contributed by atoms with E-state index in [4.69, 9.17) is 4.74 Å². The third-order valence-electron chi connectivity index (χ3n) is 2.72. The second kappa shape index (κ2) is 7.23. The lowest BCUT2D eigenvalue weighted by Crippen LogP contribution is -2.16. The van der Waals surface area contributed by atoms with Gasteiger partial charge in [-0.15, -0.1) is 0 Å². The molecular weight excluding hydrogens is 260 g/mol. The second-order valence-corrected chi connectivity index (χ2v) is 5.47. The van der Waals surface area contributed by atoms with Crippen LogP contribution in [0.5, 0.6) is 0 Å². The quantitative estimate of drug-likeness (QED) is 0.451. The molecule has 1 aromatic rings. The zero-order chi connectivity index (χ0) is 15.3. The van der Waals surface area contributed by atoms with Crippen molar-refractivity contribution in [3.05, 3.63) is 15.8 Å². The van der Waals surface area contributed by atoms with Gasteiger partial charge >= 0.3 is 5.69 Å². The number of aryl methyl sites for hydroxylation is 1. The fourth-order valence-corrected chi connectivity index (χ4v) is 1.86. The Morgan fingerprint density at radius 2 is 2.05 bits per heavy atom. The number of anilines is 1. The fourth-order valence-electron chi connectivity index (χ4n) is 1.86. The maximum Gasteiger partial charge on any atom is 0.333 e. The van der Waals surface area contributed by atoms with Crippen molar-refractivity contribution < 1.29 is 9.66 Å². The van der Waals surface area contributed by atoms with Crippen molar-refractivity contribution in [2.75, 3.05) is 25.1 Å². The molecule has 0 aromatic carbocycles. The lowest BCUT2D eigenvalue weighted by Gasteiger charge is -2.12. The van der Waals surface area contributed by atoms with Crippen LogP contribution in [0.1, 0.15) is 39.4 Å². The van der Waals surface area contributed by atoms with Crippen LogP contribution >= 0.6 is 0 Å². The van der Waals surface area contributed by atoms with Crippen LogP contribution in [0.15, 0.2) is 0 Å². The zero-order valence-electron chi connectivity index (χ0n) is 12.8. The molecule has 0 spiro atoms. The smallest absolute Gasteiger partial charge is 0.333 e. The molecule has 1 N–H and O–H groups in total. The SMILES string of the molecule is Cc1nn(C(C)C)c(NCCOCC(C)C)c1[N+](=O)[O-]. The predicted octanol–water partition coefficient (Wildman–Crippen LogP) is 2.77. The third-order valence-corrected chi connectivity index (χ3v) is 2.72. The molecule has 0 atom stereocenters. The van der Waals surface area contributed by atoms with E-state index in [0.717, 1.165) is 0 Å². The standard InChI is InChI=1S/C13H24N4O3/c1-9(2)8-20-7-6-14-13-12(17(18)19)11(5)15-16(13)10(3)4/h9-10,14H,6-8H2,1-5H3. The Labute approximate surface area is 119 Å². The van der Waals surface area contributed by atoms with Crippen molar-refractivity contribution in [3.8, 4) is 0 Å². The molecule has 0 unspecified atom stereocenters. The summed E-state index contributed by atoms with van der Waals surface area (Å²) in [6.07, 6.45) is 0. The van der Waals surface area contributed by atoms with Crippen LogP contribution < -0.4 is 5.32 Å². The summed E-state index contributed by atoms with van der Waals surface area (Å²) >= 11 is 0. The summed E-state index contributed by atoms with van der Waals surface area (Å²) in [5.41, 5.74) is 0.469. The van der Waals surface area contributed by atoms with Crippen LogP contribution in [-0.2, 0) is 4.74 Å². The van der Waals surface area contributed by atoms with Crippen molar-refractivity contribution in [3.63, 3.8) is 0 Å². The zero-order valence-corrected chi connectivity index (χ0v) is 12.8. The molecule has 0 aliphatic carbocycles. The van der Waals surface area contributed by atoms with E-state index in [1.54, 1.807) is 11.6 Å². The molecule has 1 heterocycles. The van der Waals surface area contributed by atoms with Crippen molar-refractivity contribution in [2.24, 2.45) is 5.92 Å². The molecular formula is C13H24N4O3. The first kappa shape index (κ1) is 16.4. The minimum Gasteiger partial charge on any atom is -0.379 e. The minimum atomic E-state index is -0.390. The Kier molecular flexibility index (Phi) is 5.94. The summed E-state index contributed by atoms with van der Waals surface area (Å²) < 4.78 is 7.11. The molecule has 0 aliphatic heterocycles. The van der Waals surface area contributed by atoms with Crippen molar-refractivity contribution in [1.82, 2.24) is 9.78 Å². The van der Waals surface area contributed by atoms with Gasteiger partial charge in [0.2, 0.25) is 5.82 Å². The van der Waals surface area contributed by atoms with Crippen LogP contribution in [0, 0.1) is 23.0 Å². The van der Waals surface area contributed by atoms with E-state index >= 15 is 0 Å². The van der Waals surface area contributed by atoms with Gasteiger partial charge in [0.05, 0.1) is 11.5 Å². The third kappa shape index (κ3) is 4.19. The molecule has 20 heavy (non-hydrogen) atoms. The van der Waals surface area contributed by atoms with E-state index in [0.29, 0.717) is 37.2 Å². The minimum absolute atomic E-state index is 0.0440. The number of hydrogen-bond donors (Lipinski definition) is 1. The van der Waals surface area contributed by atoms with Gasteiger partial charge < -0.3 is 10.1 Å². The van der Waals surface area contributed by atoms with E-state index in [1.807, 2.05) is 13.8 Å². The number of rotatable bonds is 8. The largest absolute Gasteiger partial charge is 0.379 e. The monoisotopic (exact) mass is 284 g/mol. The van der Waals surface area contributed by atoms with Crippen LogP contribution in [0.4, 0.5) is 11.5 Å². The summed E-state index contributed by atoms with van der Waals surface area (Å²) in [5.74, 6) is 0.934.